The summed E-state index contributed by atoms with van der Waals surface area (Å²) in [4.78, 5) is 127. The van der Waals surface area contributed by atoms with E-state index in [0.29, 0.717) is 73.5 Å². The maximum atomic E-state index is 13.3. The SMILES string of the molecule is CCNC(=O)c1cn(-c2ccc3c(c2)CCC3)c2nc(Nc3ccc(C[C@H]4COC(=O)N4)cc3)ncc2c1=O.CNC(=O)c1cn(-c2ccc3c(c2)CCC3)c2nc(Nc3ccc(CCS(=O)(=O)NC(C)C)cc3)ncc2c1=O.CNC(=O)c1cn(-c2ccc3c(c2)CCC3)c2nc(Nc3ccc(C[C@H]4COC(=O)N4)cc3)ncc2c1=O. The molecule has 6 aromatic heterocycles. The third-order valence-electron chi connectivity index (χ3n) is 21.0. The zero-order valence-corrected chi connectivity index (χ0v) is 65.8. The van der Waals surface area contributed by atoms with Gasteiger partial charge in [0.25, 0.3) is 17.7 Å². The minimum Gasteiger partial charge on any atom is -0.447 e. The minimum absolute atomic E-state index is 0.00397. The van der Waals surface area contributed by atoms with Crippen molar-refractivity contribution < 1.29 is 41.9 Å². The quantitative estimate of drug-likeness (QED) is 0.0305. The Labute approximate surface area is 671 Å². The number of nitrogens with zero attached hydrogens (tertiary/aromatic N) is 9. The molecule has 0 bridgehead atoms. The molecule has 2 saturated heterocycles. The third-order valence-corrected chi connectivity index (χ3v) is 22.6. The standard InChI is InChI=1S/C29H32N6O4S.C29H28N6O4.C28H26N6O4/c1-18(2)34-40(38,39)14-13-19-7-10-22(11-8-19)32-29-31-16-24-26(36)25(28(37)30-3)17-35(27(24)33-29)23-12-9-20-5-4-6-21(20)15-23;1-2-30-27(37)24-15-35(22-11-8-18-4-3-5-19(18)13-22)26-23(25(24)36)14-31-28(34-26)32-20-9-6-17(7-10-20)12-21-16-39-29(38)33-21;1-29-26(36)23-14-34(21-10-7-17-3-2-4-18(17)12-21)25-22(24(23)35)13-30-27(33-25)31-19-8-5-16(6-9-19)11-20-15-38-28(37)32-20/h7-12,15-18,34H,4-6,13-14H2,1-3H3,(H,30,37)(H,31,32,33);6-11,13-15,21H,2-5,12,16H2,1H3,(H,30,37)(H,33,38)(H,31,32,34);5-10,12-14,20H,2-4,11,15H2,1H3,(H,29,36)(H,32,37)(H,30,31,33)/t;21-;20-/m.00/s1. The van der Waals surface area contributed by atoms with Crippen LogP contribution in [0.15, 0.2) is 179 Å². The molecular weight excluding hydrogens is 1510 g/mol. The Morgan fingerprint density at radius 1 is 0.470 bits per heavy atom. The van der Waals surface area contributed by atoms with Crippen LogP contribution in [0, 0.1) is 0 Å². The first-order valence-corrected chi connectivity index (χ1v) is 40.6. The first-order valence-electron chi connectivity index (χ1n) is 38.9. The molecule has 598 valence electrons. The molecule has 3 aliphatic carbocycles. The third kappa shape index (κ3) is 17.9. The predicted octanol–water partition coefficient (Wildman–Crippen LogP) is 9.68. The van der Waals surface area contributed by atoms with Crippen LogP contribution in [0.25, 0.3) is 50.2 Å². The highest BCUT2D eigenvalue weighted by atomic mass is 32.2. The number of anilines is 6. The Bertz CT molecular complexity index is 6210. The Hall–Kier alpha value is -13.6. The first-order chi connectivity index (χ1) is 56.6. The van der Waals surface area contributed by atoms with E-state index in [2.05, 4.69) is 109 Å². The number of aromatic nitrogens is 9. The number of benzene rings is 6. The van der Waals surface area contributed by atoms with Gasteiger partial charge >= 0.3 is 12.2 Å². The lowest BCUT2D eigenvalue weighted by atomic mass is 10.1. The number of rotatable bonds is 22. The Morgan fingerprint density at radius 3 is 1.14 bits per heavy atom. The van der Waals surface area contributed by atoms with E-state index in [0.717, 1.165) is 103 Å². The van der Waals surface area contributed by atoms with Crippen LogP contribution in [0.5, 0.6) is 0 Å². The van der Waals surface area contributed by atoms with Crippen molar-refractivity contribution >= 4 is 108 Å². The number of carbonyl (C=O) groups is 5. The number of hydrogen-bond acceptors (Lipinski definition) is 21. The zero-order valence-electron chi connectivity index (χ0n) is 65.0. The summed E-state index contributed by atoms with van der Waals surface area (Å²) in [5.74, 6) is -0.425. The number of ether oxygens (including phenoxy) is 2. The number of nitrogens with one attached hydrogen (secondary N) is 9. The molecule has 117 heavy (non-hydrogen) atoms. The molecule has 5 aliphatic rings. The van der Waals surface area contributed by atoms with E-state index in [4.69, 9.17) is 14.5 Å². The molecule has 2 atom stereocenters. The molecule has 12 aromatic rings. The number of hydrogen-bond donors (Lipinski definition) is 9. The van der Waals surface area contributed by atoms with E-state index >= 15 is 0 Å². The van der Waals surface area contributed by atoms with Crippen LogP contribution < -0.4 is 63.5 Å². The lowest BCUT2D eigenvalue weighted by Gasteiger charge is -2.15. The van der Waals surface area contributed by atoms with Crippen LogP contribution in [0.1, 0.15) is 121 Å². The van der Waals surface area contributed by atoms with Crippen LogP contribution in [-0.2, 0) is 77.3 Å². The summed E-state index contributed by atoms with van der Waals surface area (Å²) in [6.07, 6.45) is 19.5. The summed E-state index contributed by atoms with van der Waals surface area (Å²) < 4.78 is 42.1. The number of aryl methyl sites for hydroxylation is 7. The van der Waals surface area contributed by atoms with Gasteiger partial charge in [-0.2, -0.15) is 15.0 Å². The Balaban J connectivity index is 0.000000138. The topological polar surface area (TPSA) is 390 Å². The van der Waals surface area contributed by atoms with Crippen LogP contribution in [0.3, 0.4) is 0 Å². The smallest absolute Gasteiger partial charge is 0.407 e. The van der Waals surface area contributed by atoms with Crippen molar-refractivity contribution in [2.24, 2.45) is 0 Å². The molecule has 0 spiro atoms. The number of alkyl carbamates (subject to hydrolysis) is 2. The molecule has 9 N–H and O–H groups in total. The molecule has 0 unspecified atom stereocenters. The molecule has 2 fully saturated rings. The Kier molecular flexibility index (Phi) is 23.0. The maximum absolute atomic E-state index is 13.3. The highest BCUT2D eigenvalue weighted by Gasteiger charge is 2.27. The van der Waals surface area contributed by atoms with Gasteiger partial charge in [0.2, 0.25) is 44.2 Å². The van der Waals surface area contributed by atoms with Crippen LogP contribution >= 0.6 is 0 Å². The minimum atomic E-state index is -3.34. The van der Waals surface area contributed by atoms with E-state index in [-0.39, 0.29) is 74.9 Å². The van der Waals surface area contributed by atoms with Crippen molar-refractivity contribution in [3.8, 4) is 17.1 Å². The van der Waals surface area contributed by atoms with Gasteiger partial charge in [-0.25, -0.2) is 37.7 Å². The summed E-state index contributed by atoms with van der Waals surface area (Å²) in [7, 11) is -0.355. The second-order valence-electron chi connectivity index (χ2n) is 29.6. The number of carbonyl (C=O) groups excluding carboxylic acids is 5. The molecular formula is C86H86N18O12S. The average Bonchev–Trinajstić information content (AvgIpc) is 1.63. The molecule has 8 heterocycles. The van der Waals surface area contributed by atoms with Crippen molar-refractivity contribution in [1.82, 2.24) is 74.9 Å². The van der Waals surface area contributed by atoms with Crippen LogP contribution in [0.4, 0.5) is 44.5 Å². The van der Waals surface area contributed by atoms with Gasteiger partial charge in [-0.05, 0) is 221 Å². The fourth-order valence-electron chi connectivity index (χ4n) is 15.1. The fourth-order valence-corrected chi connectivity index (χ4v) is 16.5. The Morgan fingerprint density at radius 2 is 0.812 bits per heavy atom. The van der Waals surface area contributed by atoms with Crippen molar-refractivity contribution in [2.45, 2.75) is 116 Å². The summed E-state index contributed by atoms with van der Waals surface area (Å²) >= 11 is 0. The van der Waals surface area contributed by atoms with Gasteiger partial charge in [0.05, 0.1) is 34.0 Å². The lowest BCUT2D eigenvalue weighted by molar-refractivity contribution is 0.0948. The van der Waals surface area contributed by atoms with E-state index < -0.39 is 44.0 Å². The normalized spacial score (nSPS) is 15.0. The van der Waals surface area contributed by atoms with Gasteiger partial charge < -0.3 is 65.7 Å². The van der Waals surface area contributed by atoms with Gasteiger partial charge in [0, 0.05) is 98.0 Å². The largest absolute Gasteiger partial charge is 0.447 e. The second kappa shape index (κ2) is 34.3. The molecule has 0 radical (unpaired) electrons. The summed E-state index contributed by atoms with van der Waals surface area (Å²) in [6.45, 7) is 6.52. The number of amides is 5. The van der Waals surface area contributed by atoms with Gasteiger partial charge in [-0.3, -0.25) is 28.8 Å². The zero-order chi connectivity index (χ0) is 81.6. The number of fused-ring (bicyclic) bond motifs is 6. The summed E-state index contributed by atoms with van der Waals surface area (Å²) in [5, 5.41) is 23.7. The molecule has 6 aromatic carbocycles. The van der Waals surface area contributed by atoms with Gasteiger partial charge in [0.15, 0.2) is 16.9 Å². The van der Waals surface area contributed by atoms with Crippen molar-refractivity contribution in [1.29, 1.82) is 0 Å². The predicted molar refractivity (Wildman–Crippen MR) is 445 cm³/mol. The van der Waals surface area contributed by atoms with Crippen molar-refractivity contribution in [3.05, 3.63) is 262 Å². The van der Waals surface area contributed by atoms with Gasteiger partial charge in [-0.15, -0.1) is 0 Å². The first kappa shape index (κ1) is 78.7. The monoisotopic (exact) mass is 1590 g/mol. The maximum Gasteiger partial charge on any atom is 0.407 e. The van der Waals surface area contributed by atoms with Gasteiger partial charge in [0.1, 0.15) is 29.9 Å². The number of pyridine rings is 3. The summed E-state index contributed by atoms with van der Waals surface area (Å²) in [5.41, 5.74) is 15.5. The van der Waals surface area contributed by atoms with E-state index in [1.165, 1.54) is 72.3 Å². The molecule has 0 saturated carbocycles. The van der Waals surface area contributed by atoms with Crippen molar-refractivity contribution in [2.75, 3.05) is 55.6 Å². The highest BCUT2D eigenvalue weighted by molar-refractivity contribution is 7.89. The average molecular weight is 1600 g/mol. The number of sulfonamides is 1. The fraction of sp³-hybridized carbons (Fsp3) is 0.279. The van der Waals surface area contributed by atoms with E-state index in [1.807, 2.05) is 97.9 Å². The van der Waals surface area contributed by atoms with Crippen molar-refractivity contribution in [3.63, 3.8) is 0 Å². The lowest BCUT2D eigenvalue weighted by Crippen LogP contribution is -2.32. The van der Waals surface area contributed by atoms with E-state index in [9.17, 15) is 46.8 Å². The second-order valence-corrected chi connectivity index (χ2v) is 31.4. The van der Waals surface area contributed by atoms with Gasteiger partial charge in [-0.1, -0.05) is 54.6 Å². The number of cyclic esters (lactones) is 2. The van der Waals surface area contributed by atoms with E-state index in [1.54, 1.807) is 39.9 Å². The van der Waals surface area contributed by atoms with Crippen LogP contribution in [-0.4, -0.2) is 140 Å². The molecule has 5 amide bonds. The molecule has 17 rings (SSSR count). The van der Waals surface area contributed by atoms with Crippen LogP contribution in [0.2, 0.25) is 0 Å². The summed E-state index contributed by atoms with van der Waals surface area (Å²) in [6, 6.07) is 41.2. The highest BCUT2D eigenvalue weighted by Crippen LogP contribution is 2.31. The molecule has 30 nitrogen and oxygen atoms in total. The molecule has 31 heteroatoms. The molecule has 2 aliphatic heterocycles.